The predicted octanol–water partition coefficient (Wildman–Crippen LogP) is 4.40. The van der Waals surface area contributed by atoms with Crippen LogP contribution in [0.4, 0.5) is 0 Å². The largest absolute Gasteiger partial charge is 0.294 e. The van der Waals surface area contributed by atoms with E-state index in [1.807, 2.05) is 36.4 Å². The highest BCUT2D eigenvalue weighted by Gasteiger charge is 2.20. The van der Waals surface area contributed by atoms with Crippen LogP contribution in [0.2, 0.25) is 0 Å². The van der Waals surface area contributed by atoms with Crippen molar-refractivity contribution in [3.8, 4) is 0 Å². The zero-order valence-corrected chi connectivity index (χ0v) is 17.4. The smallest absolute Gasteiger partial charge is 0.238 e. The average molecular weight is 433 g/mol. The third-order valence-electron chi connectivity index (χ3n) is 3.88. The Labute approximate surface area is 172 Å². The van der Waals surface area contributed by atoms with Gasteiger partial charge in [0.2, 0.25) is 5.91 Å². The Kier molecular flexibility index (Phi) is 5.94. The lowest BCUT2D eigenvalue weighted by molar-refractivity contribution is -0.123. The lowest BCUT2D eigenvalue weighted by atomic mass is 10.2. The molecular formula is C18H16N4OS4. The van der Waals surface area contributed by atoms with Crippen LogP contribution in [-0.2, 0) is 4.79 Å². The molecule has 2 aromatic carbocycles. The van der Waals surface area contributed by atoms with Crippen LogP contribution >= 0.6 is 46.2 Å². The molecular weight excluding hydrogens is 416 g/mol. The van der Waals surface area contributed by atoms with Crippen molar-refractivity contribution < 1.29 is 4.79 Å². The van der Waals surface area contributed by atoms with Gasteiger partial charge in [0.1, 0.15) is 0 Å². The normalized spacial score (nSPS) is 11.5. The van der Waals surface area contributed by atoms with Gasteiger partial charge in [0, 0.05) is 11.5 Å². The van der Waals surface area contributed by atoms with E-state index in [0.29, 0.717) is 11.5 Å². The minimum Gasteiger partial charge on any atom is -0.294 e. The fourth-order valence-electron chi connectivity index (χ4n) is 2.49. The molecule has 0 radical (unpaired) electrons. The second-order valence-corrected chi connectivity index (χ2v) is 10.3. The second kappa shape index (κ2) is 8.57. The number of hydrazine groups is 1. The molecule has 0 bridgehead atoms. The summed E-state index contributed by atoms with van der Waals surface area (Å²) in [7, 11) is 0. The summed E-state index contributed by atoms with van der Waals surface area (Å²) >= 11 is 6.49. The van der Waals surface area contributed by atoms with Crippen LogP contribution in [0, 0.1) is 5.92 Å². The molecule has 0 spiro atoms. The fourth-order valence-corrected chi connectivity index (χ4v) is 7.00. The van der Waals surface area contributed by atoms with Gasteiger partial charge in [-0.05, 0) is 24.3 Å². The summed E-state index contributed by atoms with van der Waals surface area (Å²) in [5, 5.41) is 0. The van der Waals surface area contributed by atoms with Crippen molar-refractivity contribution in [1.29, 1.82) is 0 Å². The van der Waals surface area contributed by atoms with Crippen LogP contribution in [0.1, 0.15) is 0 Å². The summed E-state index contributed by atoms with van der Waals surface area (Å²) in [6.07, 6.45) is 0. The molecule has 0 saturated carbocycles. The first kappa shape index (κ1) is 18.7. The van der Waals surface area contributed by atoms with Crippen molar-refractivity contribution in [1.82, 2.24) is 15.4 Å². The molecule has 0 saturated heterocycles. The van der Waals surface area contributed by atoms with Crippen molar-refractivity contribution in [3.63, 3.8) is 0 Å². The fraction of sp³-hybridized carbons (Fsp3) is 0.167. The van der Waals surface area contributed by atoms with Gasteiger partial charge in [-0.2, -0.15) is 0 Å². The van der Waals surface area contributed by atoms with Crippen LogP contribution in [-0.4, -0.2) is 27.4 Å². The summed E-state index contributed by atoms with van der Waals surface area (Å²) in [5.41, 5.74) is 4.28. The monoisotopic (exact) mass is 432 g/mol. The number of hydrogen-bond acceptors (Lipinski definition) is 8. The van der Waals surface area contributed by atoms with Gasteiger partial charge in [0.15, 0.2) is 8.68 Å². The highest BCUT2D eigenvalue weighted by molar-refractivity contribution is 8.02. The number of para-hydroxylation sites is 2. The molecule has 0 aliphatic heterocycles. The highest BCUT2D eigenvalue weighted by Crippen LogP contribution is 2.33. The van der Waals surface area contributed by atoms with E-state index in [1.165, 1.54) is 0 Å². The number of hydrogen-bond donors (Lipinski definition) is 2. The highest BCUT2D eigenvalue weighted by atomic mass is 32.2. The number of nitrogens with one attached hydrogen (secondary N) is 1. The van der Waals surface area contributed by atoms with E-state index in [4.69, 9.17) is 5.84 Å². The lowest BCUT2D eigenvalue weighted by Crippen LogP contribution is -2.38. The minimum absolute atomic E-state index is 0.155. The van der Waals surface area contributed by atoms with Gasteiger partial charge in [-0.25, -0.2) is 15.8 Å². The number of thiazole rings is 2. The molecule has 3 N–H and O–H groups in total. The van der Waals surface area contributed by atoms with E-state index in [9.17, 15) is 4.79 Å². The first-order valence-electron chi connectivity index (χ1n) is 8.20. The number of fused-ring (bicyclic) bond motifs is 2. The molecule has 27 heavy (non-hydrogen) atoms. The summed E-state index contributed by atoms with van der Waals surface area (Å²) in [5.74, 6) is 6.27. The van der Waals surface area contributed by atoms with Crippen molar-refractivity contribution in [2.45, 2.75) is 8.68 Å². The Morgan fingerprint density at radius 3 is 1.85 bits per heavy atom. The molecule has 2 aromatic heterocycles. The third-order valence-corrected chi connectivity index (χ3v) is 8.56. The number of amides is 1. The molecule has 0 atom stereocenters. The minimum atomic E-state index is -0.218. The molecule has 4 aromatic rings. The number of rotatable bonds is 7. The number of benzene rings is 2. The molecule has 5 nitrogen and oxygen atoms in total. The van der Waals surface area contributed by atoms with Crippen LogP contribution < -0.4 is 11.3 Å². The van der Waals surface area contributed by atoms with E-state index < -0.39 is 0 Å². The van der Waals surface area contributed by atoms with Crippen molar-refractivity contribution in [3.05, 3.63) is 48.5 Å². The Balaban J connectivity index is 1.42. The van der Waals surface area contributed by atoms with E-state index in [0.717, 1.165) is 29.1 Å². The molecule has 0 aliphatic rings. The zero-order chi connectivity index (χ0) is 18.6. The van der Waals surface area contributed by atoms with Crippen molar-refractivity contribution >= 4 is 72.5 Å². The van der Waals surface area contributed by atoms with Gasteiger partial charge in [0.05, 0.1) is 26.4 Å². The van der Waals surface area contributed by atoms with E-state index in [1.54, 1.807) is 46.2 Å². The molecule has 0 aliphatic carbocycles. The number of aromatic nitrogens is 2. The van der Waals surface area contributed by atoms with Gasteiger partial charge < -0.3 is 0 Å². The maximum Gasteiger partial charge on any atom is 0.238 e. The molecule has 2 heterocycles. The molecule has 0 unspecified atom stereocenters. The second-order valence-electron chi connectivity index (χ2n) is 5.72. The Morgan fingerprint density at radius 2 is 1.41 bits per heavy atom. The average Bonchev–Trinajstić information content (AvgIpc) is 3.30. The molecule has 138 valence electrons. The third kappa shape index (κ3) is 4.44. The van der Waals surface area contributed by atoms with Gasteiger partial charge in [-0.15, -0.1) is 22.7 Å². The first-order chi connectivity index (χ1) is 13.2. The molecule has 0 fully saturated rings. The number of thioether (sulfide) groups is 2. The molecule has 9 heteroatoms. The van der Waals surface area contributed by atoms with Crippen molar-refractivity contribution in [2.75, 3.05) is 11.5 Å². The van der Waals surface area contributed by atoms with Gasteiger partial charge >= 0.3 is 0 Å². The van der Waals surface area contributed by atoms with Crippen LogP contribution in [0.5, 0.6) is 0 Å². The van der Waals surface area contributed by atoms with Gasteiger partial charge in [-0.1, -0.05) is 47.8 Å². The van der Waals surface area contributed by atoms with Crippen LogP contribution in [0.3, 0.4) is 0 Å². The summed E-state index contributed by atoms with van der Waals surface area (Å²) in [6, 6.07) is 16.1. The number of carbonyl (C=O) groups excluding carboxylic acids is 1. The number of nitrogens with zero attached hydrogens (tertiary/aromatic N) is 2. The summed E-state index contributed by atoms with van der Waals surface area (Å²) in [4.78, 5) is 21.4. The number of carbonyl (C=O) groups is 1. The Hall–Kier alpha value is -1.65. The predicted molar refractivity (Wildman–Crippen MR) is 117 cm³/mol. The number of nitrogens with two attached hydrogens (primary N) is 1. The van der Waals surface area contributed by atoms with Crippen molar-refractivity contribution in [2.24, 2.45) is 11.8 Å². The van der Waals surface area contributed by atoms with E-state index in [2.05, 4.69) is 27.5 Å². The lowest BCUT2D eigenvalue weighted by Gasteiger charge is -2.12. The summed E-state index contributed by atoms with van der Waals surface area (Å²) in [6.45, 7) is 0. The standard InChI is InChI=1S/C18H16N4OS4/c19-22-16(23)11(9-24-17-20-12-5-1-3-7-14(12)26-17)10-25-18-21-13-6-2-4-8-15(13)27-18/h1-8,11H,9-10,19H2,(H,22,23). The summed E-state index contributed by atoms with van der Waals surface area (Å²) < 4.78 is 4.25. The van der Waals surface area contributed by atoms with E-state index >= 15 is 0 Å². The van der Waals surface area contributed by atoms with Crippen LogP contribution in [0.25, 0.3) is 20.4 Å². The molecule has 4 rings (SSSR count). The van der Waals surface area contributed by atoms with E-state index in [-0.39, 0.29) is 11.8 Å². The molecule has 1 amide bonds. The Morgan fingerprint density at radius 1 is 0.926 bits per heavy atom. The van der Waals surface area contributed by atoms with Gasteiger partial charge in [-0.3, -0.25) is 10.2 Å². The first-order valence-corrected chi connectivity index (χ1v) is 11.8. The SMILES string of the molecule is NNC(=O)C(CSc1nc2ccccc2s1)CSc1nc2ccccc2s1. The maximum absolute atomic E-state index is 12.2. The van der Waals surface area contributed by atoms with Gasteiger partial charge in [0.25, 0.3) is 0 Å². The van der Waals surface area contributed by atoms with Crippen LogP contribution in [0.15, 0.2) is 57.2 Å². The Bertz CT molecular complexity index is 933. The topological polar surface area (TPSA) is 80.9 Å². The quantitative estimate of drug-likeness (QED) is 0.195. The zero-order valence-electron chi connectivity index (χ0n) is 14.1. The maximum atomic E-state index is 12.2.